The molecule has 0 spiro atoms. The minimum atomic E-state index is -0.860. The molecule has 1 amide bonds. The van der Waals surface area contributed by atoms with Crippen LogP contribution in [0.25, 0.3) is 5.76 Å². The maximum atomic E-state index is 13.3. The molecule has 2 heterocycles. The van der Waals surface area contributed by atoms with Gasteiger partial charge >= 0.3 is 0 Å². The summed E-state index contributed by atoms with van der Waals surface area (Å²) in [7, 11) is 3.05. The normalized spacial score (nSPS) is 21.7. The lowest BCUT2D eigenvalue weighted by Crippen LogP contribution is -2.36. The molecule has 8 heteroatoms. The molecule has 8 nitrogen and oxygen atoms in total. The second kappa shape index (κ2) is 10.2. The van der Waals surface area contributed by atoms with Gasteiger partial charge in [-0.3, -0.25) is 9.59 Å². The number of carbonyl (C=O) groups excluding carboxylic acids is 2. The number of methoxy groups -OCH3 is 2. The Hall–Kier alpha value is -3.52. The Morgan fingerprint density at radius 1 is 1.09 bits per heavy atom. The van der Waals surface area contributed by atoms with Crippen molar-refractivity contribution >= 4 is 17.4 Å². The summed E-state index contributed by atoms with van der Waals surface area (Å²) in [5.41, 5.74) is 0.954. The number of benzene rings is 2. The molecule has 2 saturated heterocycles. The van der Waals surface area contributed by atoms with Crippen molar-refractivity contribution in [2.45, 2.75) is 31.9 Å². The smallest absolute Gasteiger partial charge is 0.295 e. The first-order chi connectivity index (χ1) is 16.5. The van der Waals surface area contributed by atoms with Crippen LogP contribution in [0.5, 0.6) is 17.2 Å². The molecular weight excluding hydrogens is 438 g/mol. The fraction of sp³-hybridized carbons (Fsp3) is 0.385. The van der Waals surface area contributed by atoms with Gasteiger partial charge in [0.25, 0.3) is 11.7 Å². The highest BCUT2D eigenvalue weighted by Crippen LogP contribution is 2.44. The van der Waals surface area contributed by atoms with Crippen LogP contribution in [-0.2, 0) is 14.3 Å². The van der Waals surface area contributed by atoms with Gasteiger partial charge in [0.1, 0.15) is 23.0 Å². The zero-order valence-electron chi connectivity index (χ0n) is 19.6. The third-order valence-corrected chi connectivity index (χ3v) is 6.13. The first kappa shape index (κ1) is 23.6. The lowest BCUT2D eigenvalue weighted by atomic mass is 9.94. The quantitative estimate of drug-likeness (QED) is 0.359. The summed E-state index contributed by atoms with van der Waals surface area (Å²) < 4.78 is 22.2. The number of hydrogen-bond donors (Lipinski definition) is 1. The van der Waals surface area contributed by atoms with E-state index >= 15 is 0 Å². The van der Waals surface area contributed by atoms with Crippen LogP contribution in [0.15, 0.2) is 48.0 Å². The summed E-state index contributed by atoms with van der Waals surface area (Å²) in [5, 5.41) is 11.3. The number of rotatable bonds is 8. The molecule has 0 aliphatic carbocycles. The van der Waals surface area contributed by atoms with Gasteiger partial charge in [-0.15, -0.1) is 0 Å². The topological polar surface area (TPSA) is 94.5 Å². The number of Topliss-reactive ketones (excluding diaryl/α,β-unsaturated/α-hetero) is 1. The van der Waals surface area contributed by atoms with Crippen LogP contribution >= 0.6 is 0 Å². The molecule has 2 aliphatic rings. The second-order valence-corrected chi connectivity index (χ2v) is 8.15. The molecule has 2 unspecified atom stereocenters. The summed E-state index contributed by atoms with van der Waals surface area (Å²) in [6.45, 7) is 3.24. The number of likely N-dealkylation sites (tertiary alicyclic amines) is 1. The Morgan fingerprint density at radius 2 is 1.82 bits per heavy atom. The summed E-state index contributed by atoms with van der Waals surface area (Å²) in [6, 6.07) is 11.1. The van der Waals surface area contributed by atoms with E-state index in [9.17, 15) is 14.7 Å². The van der Waals surface area contributed by atoms with Crippen LogP contribution in [0.1, 0.15) is 36.9 Å². The number of aliphatic hydroxyl groups excluding tert-OH is 1. The van der Waals surface area contributed by atoms with Crippen molar-refractivity contribution in [2.75, 3.05) is 34.0 Å². The Bertz CT molecular complexity index is 1090. The van der Waals surface area contributed by atoms with E-state index in [2.05, 4.69) is 0 Å². The molecule has 34 heavy (non-hydrogen) atoms. The predicted octanol–water partition coefficient (Wildman–Crippen LogP) is 3.70. The van der Waals surface area contributed by atoms with Gasteiger partial charge in [-0.05, 0) is 62.2 Å². The van der Waals surface area contributed by atoms with E-state index in [-0.39, 0.29) is 24.0 Å². The van der Waals surface area contributed by atoms with E-state index in [0.717, 1.165) is 12.8 Å². The molecule has 2 aromatic carbocycles. The molecule has 0 bridgehead atoms. The van der Waals surface area contributed by atoms with Crippen molar-refractivity contribution in [3.8, 4) is 17.2 Å². The van der Waals surface area contributed by atoms with E-state index in [1.807, 2.05) is 6.92 Å². The van der Waals surface area contributed by atoms with Crippen molar-refractivity contribution in [3.63, 3.8) is 0 Å². The molecule has 2 fully saturated rings. The van der Waals surface area contributed by atoms with Crippen LogP contribution < -0.4 is 14.2 Å². The second-order valence-electron chi connectivity index (χ2n) is 8.15. The Kier molecular flexibility index (Phi) is 7.07. The van der Waals surface area contributed by atoms with E-state index < -0.39 is 17.7 Å². The van der Waals surface area contributed by atoms with E-state index in [4.69, 9.17) is 18.9 Å². The zero-order valence-corrected chi connectivity index (χ0v) is 19.6. The van der Waals surface area contributed by atoms with Gasteiger partial charge in [0, 0.05) is 24.3 Å². The first-order valence-electron chi connectivity index (χ1n) is 11.3. The molecule has 2 atom stereocenters. The number of carbonyl (C=O) groups is 2. The maximum absolute atomic E-state index is 13.3. The third-order valence-electron chi connectivity index (χ3n) is 6.13. The van der Waals surface area contributed by atoms with Gasteiger partial charge in [0.2, 0.25) is 0 Å². The largest absolute Gasteiger partial charge is 0.507 e. The molecule has 0 radical (unpaired) electrons. The fourth-order valence-electron chi connectivity index (χ4n) is 4.48. The van der Waals surface area contributed by atoms with Crippen molar-refractivity contribution in [1.29, 1.82) is 0 Å². The standard InChI is InChI=1S/C26H29NO7/c1-4-33-17-9-7-16(8-10-17)24(28)22-23(20-14-18(31-2)11-12-21(20)32-3)27(26(30)25(22)29)15-19-6-5-13-34-19/h7-12,14,19,23,28H,4-6,13,15H2,1-3H3. The van der Waals surface area contributed by atoms with E-state index in [1.54, 1.807) is 42.5 Å². The minimum Gasteiger partial charge on any atom is -0.507 e. The molecule has 1 N–H and O–H groups in total. The Morgan fingerprint density at radius 3 is 2.44 bits per heavy atom. The molecule has 4 rings (SSSR count). The van der Waals surface area contributed by atoms with E-state index in [0.29, 0.717) is 41.6 Å². The van der Waals surface area contributed by atoms with Crippen molar-refractivity contribution in [2.24, 2.45) is 0 Å². The van der Waals surface area contributed by atoms with E-state index in [1.165, 1.54) is 19.1 Å². The van der Waals surface area contributed by atoms with Crippen molar-refractivity contribution in [3.05, 3.63) is 59.2 Å². The van der Waals surface area contributed by atoms with Crippen LogP contribution in [-0.4, -0.2) is 61.8 Å². The third kappa shape index (κ3) is 4.46. The van der Waals surface area contributed by atoms with Crippen LogP contribution in [0.3, 0.4) is 0 Å². The summed E-state index contributed by atoms with van der Waals surface area (Å²) in [5.74, 6) is -0.0330. The van der Waals surface area contributed by atoms with Crippen LogP contribution in [0.2, 0.25) is 0 Å². The average molecular weight is 468 g/mol. The Labute approximate surface area is 198 Å². The first-order valence-corrected chi connectivity index (χ1v) is 11.3. The van der Waals surface area contributed by atoms with Gasteiger partial charge in [0.05, 0.1) is 38.5 Å². The number of ether oxygens (including phenoxy) is 4. The summed E-state index contributed by atoms with van der Waals surface area (Å²) in [4.78, 5) is 27.9. The highest BCUT2D eigenvalue weighted by Gasteiger charge is 2.48. The zero-order chi connectivity index (χ0) is 24.2. The number of aliphatic hydroxyl groups is 1. The lowest BCUT2D eigenvalue weighted by molar-refractivity contribution is -0.140. The number of hydrogen-bond acceptors (Lipinski definition) is 7. The Balaban J connectivity index is 1.85. The van der Waals surface area contributed by atoms with Gasteiger partial charge in [0.15, 0.2) is 0 Å². The van der Waals surface area contributed by atoms with Gasteiger partial charge in [-0.25, -0.2) is 0 Å². The van der Waals surface area contributed by atoms with Gasteiger partial charge < -0.3 is 29.0 Å². The highest BCUT2D eigenvalue weighted by atomic mass is 16.5. The molecule has 2 aliphatic heterocycles. The number of amides is 1. The molecule has 180 valence electrons. The lowest BCUT2D eigenvalue weighted by Gasteiger charge is -2.28. The van der Waals surface area contributed by atoms with Gasteiger partial charge in [-0.2, -0.15) is 0 Å². The molecule has 0 aromatic heterocycles. The molecular formula is C26H29NO7. The maximum Gasteiger partial charge on any atom is 0.295 e. The van der Waals surface area contributed by atoms with Crippen LogP contribution in [0, 0.1) is 0 Å². The number of nitrogens with zero attached hydrogens (tertiary/aromatic N) is 1. The van der Waals surface area contributed by atoms with Crippen LogP contribution in [0.4, 0.5) is 0 Å². The minimum absolute atomic E-state index is 0.00119. The molecule has 2 aromatic rings. The predicted molar refractivity (Wildman–Crippen MR) is 125 cm³/mol. The van der Waals surface area contributed by atoms with Crippen molar-refractivity contribution in [1.82, 2.24) is 4.90 Å². The summed E-state index contributed by atoms with van der Waals surface area (Å²) >= 11 is 0. The fourth-order valence-corrected chi connectivity index (χ4v) is 4.48. The molecule has 0 saturated carbocycles. The van der Waals surface area contributed by atoms with Gasteiger partial charge in [-0.1, -0.05) is 0 Å². The SMILES string of the molecule is CCOc1ccc(C(O)=C2C(=O)C(=O)N(CC3CCCO3)C2c2cc(OC)ccc2OC)cc1. The number of ketones is 1. The summed E-state index contributed by atoms with van der Waals surface area (Å²) in [6.07, 6.45) is 1.51. The highest BCUT2D eigenvalue weighted by molar-refractivity contribution is 6.46. The monoisotopic (exact) mass is 467 g/mol. The van der Waals surface area contributed by atoms with Crippen molar-refractivity contribution < 1.29 is 33.6 Å². The average Bonchev–Trinajstić information content (AvgIpc) is 3.46.